The van der Waals surface area contributed by atoms with E-state index < -0.39 is 28.5 Å². The number of benzene rings is 4. The number of rotatable bonds is 14. The molecule has 4 aromatic rings. The van der Waals surface area contributed by atoms with Crippen LogP contribution in [0.1, 0.15) is 42.4 Å². The molecule has 0 heterocycles. The zero-order valence-corrected chi connectivity index (χ0v) is 28.0. The van der Waals surface area contributed by atoms with Gasteiger partial charge < -0.3 is 15.0 Å². The minimum absolute atomic E-state index is 0.0408. The summed E-state index contributed by atoms with van der Waals surface area (Å²) in [5, 5.41) is 3.67. The third-order valence-electron chi connectivity index (χ3n) is 8.27. The lowest BCUT2D eigenvalue weighted by Crippen LogP contribution is -2.54. The average Bonchev–Trinajstić information content (AvgIpc) is 3.58. The molecule has 10 heteroatoms. The highest BCUT2D eigenvalue weighted by molar-refractivity contribution is 7.92. The van der Waals surface area contributed by atoms with Gasteiger partial charge in [0.05, 0.1) is 11.9 Å². The SMILES string of the molecule is CS(=O)(=O)N(CC(=O)N(Cc1cccc(Cl)c1)C(Cc1ccccc1)C(=O)NC1CCCC1)c1ccc(OCc2ccccc2)cc1. The second-order valence-corrected chi connectivity index (χ2v) is 14.2. The predicted octanol–water partition coefficient (Wildman–Crippen LogP) is 6.38. The highest BCUT2D eigenvalue weighted by Crippen LogP contribution is 2.25. The highest BCUT2D eigenvalue weighted by atomic mass is 35.5. The smallest absolute Gasteiger partial charge is 0.244 e. The number of ether oxygens (including phenoxy) is 1. The molecule has 8 nitrogen and oxygen atoms in total. The number of hydrogen-bond acceptors (Lipinski definition) is 5. The van der Waals surface area contributed by atoms with Crippen molar-refractivity contribution in [2.75, 3.05) is 17.1 Å². The maximum Gasteiger partial charge on any atom is 0.244 e. The fourth-order valence-corrected chi connectivity index (χ4v) is 6.88. The van der Waals surface area contributed by atoms with Crippen LogP contribution in [0.2, 0.25) is 5.02 Å². The van der Waals surface area contributed by atoms with Crippen LogP contribution in [0.3, 0.4) is 0 Å². The fourth-order valence-electron chi connectivity index (χ4n) is 5.82. The van der Waals surface area contributed by atoms with E-state index in [0.29, 0.717) is 23.1 Å². The van der Waals surface area contributed by atoms with Gasteiger partial charge in [0.1, 0.15) is 24.9 Å². The lowest BCUT2D eigenvalue weighted by molar-refractivity contribution is -0.140. The lowest BCUT2D eigenvalue weighted by atomic mass is 10.0. The van der Waals surface area contributed by atoms with Crippen molar-refractivity contribution in [1.82, 2.24) is 10.2 Å². The number of carbonyl (C=O) groups is 2. The third-order valence-corrected chi connectivity index (χ3v) is 9.64. The molecular weight excluding hydrogens is 634 g/mol. The summed E-state index contributed by atoms with van der Waals surface area (Å²) in [5.74, 6) is -0.212. The van der Waals surface area contributed by atoms with E-state index >= 15 is 0 Å². The molecule has 1 fully saturated rings. The van der Waals surface area contributed by atoms with Gasteiger partial charge in [0.2, 0.25) is 21.8 Å². The number of carbonyl (C=O) groups excluding carboxylic acids is 2. The molecule has 0 aromatic heterocycles. The molecule has 4 aromatic carbocycles. The number of halogens is 1. The molecule has 0 saturated heterocycles. The first kappa shape index (κ1) is 34.0. The summed E-state index contributed by atoms with van der Waals surface area (Å²) in [6.07, 6.45) is 5.18. The zero-order chi connectivity index (χ0) is 33.2. The molecule has 0 spiro atoms. The Morgan fingerprint density at radius 3 is 2.09 bits per heavy atom. The van der Waals surface area contributed by atoms with Crippen molar-refractivity contribution in [3.8, 4) is 5.75 Å². The van der Waals surface area contributed by atoms with Crippen LogP contribution in [0.4, 0.5) is 5.69 Å². The van der Waals surface area contributed by atoms with Crippen LogP contribution < -0.4 is 14.4 Å². The summed E-state index contributed by atoms with van der Waals surface area (Å²) in [6.45, 7) is -0.0664. The van der Waals surface area contributed by atoms with Gasteiger partial charge in [-0.3, -0.25) is 13.9 Å². The van der Waals surface area contributed by atoms with Gasteiger partial charge in [0.25, 0.3) is 0 Å². The van der Waals surface area contributed by atoms with E-state index in [4.69, 9.17) is 16.3 Å². The van der Waals surface area contributed by atoms with Gasteiger partial charge in [-0.05, 0) is 65.9 Å². The first-order chi connectivity index (χ1) is 22.7. The van der Waals surface area contributed by atoms with E-state index in [9.17, 15) is 18.0 Å². The van der Waals surface area contributed by atoms with Gasteiger partial charge in [-0.2, -0.15) is 0 Å². The molecule has 0 aliphatic heterocycles. The van der Waals surface area contributed by atoms with Crippen molar-refractivity contribution in [3.63, 3.8) is 0 Å². The zero-order valence-electron chi connectivity index (χ0n) is 26.4. The first-order valence-corrected chi connectivity index (χ1v) is 18.0. The molecule has 5 rings (SSSR count). The van der Waals surface area contributed by atoms with Crippen LogP contribution in [0.5, 0.6) is 5.75 Å². The third kappa shape index (κ3) is 9.83. The van der Waals surface area contributed by atoms with Crippen LogP contribution in [-0.2, 0) is 39.2 Å². The van der Waals surface area contributed by atoms with E-state index in [1.54, 1.807) is 42.5 Å². The molecule has 0 bridgehead atoms. The summed E-state index contributed by atoms with van der Waals surface area (Å²) in [6, 6.07) is 32.1. The Labute approximate surface area is 282 Å². The van der Waals surface area contributed by atoms with E-state index in [1.165, 1.54) is 4.90 Å². The highest BCUT2D eigenvalue weighted by Gasteiger charge is 2.34. The van der Waals surface area contributed by atoms with E-state index in [2.05, 4.69) is 5.32 Å². The Morgan fingerprint density at radius 2 is 1.47 bits per heavy atom. The number of nitrogens with zero attached hydrogens (tertiary/aromatic N) is 2. The van der Waals surface area contributed by atoms with E-state index in [1.807, 2.05) is 66.7 Å². The number of amides is 2. The standard InChI is InChI=1S/C37H40ClN3O5S/c1-47(44,45)41(33-19-21-34(22-20-33)46-27-29-13-6-3-7-14-29)26-36(42)40(25-30-15-10-16-31(38)23-30)35(24-28-11-4-2-5-12-28)37(43)39-32-17-8-9-18-32/h2-7,10-16,19-23,32,35H,8-9,17-18,24-27H2,1H3,(H,39,43). The van der Waals surface area contributed by atoms with Crippen molar-refractivity contribution < 1.29 is 22.7 Å². The Hall–Kier alpha value is -4.34. The molecule has 1 saturated carbocycles. The number of anilines is 1. The molecule has 1 aliphatic carbocycles. The number of hydrogen-bond donors (Lipinski definition) is 1. The van der Waals surface area contributed by atoms with Gasteiger partial charge in [-0.15, -0.1) is 0 Å². The van der Waals surface area contributed by atoms with Gasteiger partial charge in [0, 0.05) is 24.0 Å². The summed E-state index contributed by atoms with van der Waals surface area (Å²) in [5.41, 5.74) is 2.92. The van der Waals surface area contributed by atoms with Crippen LogP contribution in [0, 0.1) is 0 Å². The van der Waals surface area contributed by atoms with Gasteiger partial charge >= 0.3 is 0 Å². The quantitative estimate of drug-likeness (QED) is 0.168. The molecule has 47 heavy (non-hydrogen) atoms. The predicted molar refractivity (Wildman–Crippen MR) is 186 cm³/mol. The monoisotopic (exact) mass is 673 g/mol. The summed E-state index contributed by atoms with van der Waals surface area (Å²) in [4.78, 5) is 29.8. The van der Waals surface area contributed by atoms with Crippen LogP contribution in [0.25, 0.3) is 0 Å². The van der Waals surface area contributed by atoms with Crippen LogP contribution >= 0.6 is 11.6 Å². The van der Waals surface area contributed by atoms with Gasteiger partial charge in [-0.25, -0.2) is 8.42 Å². The number of sulfonamides is 1. The van der Waals surface area contributed by atoms with Crippen molar-refractivity contribution >= 4 is 39.1 Å². The maximum atomic E-state index is 14.3. The molecule has 0 radical (unpaired) electrons. The van der Waals surface area contributed by atoms with E-state index in [0.717, 1.165) is 52.9 Å². The summed E-state index contributed by atoms with van der Waals surface area (Å²) < 4.78 is 33.2. The molecule has 1 unspecified atom stereocenters. The topological polar surface area (TPSA) is 96.0 Å². The van der Waals surface area contributed by atoms with Crippen molar-refractivity contribution in [2.24, 2.45) is 0 Å². The second kappa shape index (κ2) is 16.0. The van der Waals surface area contributed by atoms with Crippen LogP contribution in [-0.4, -0.2) is 50.0 Å². The maximum absolute atomic E-state index is 14.3. The minimum atomic E-state index is -3.89. The molecule has 2 amide bonds. The average molecular weight is 674 g/mol. The molecule has 1 aliphatic rings. The lowest BCUT2D eigenvalue weighted by Gasteiger charge is -2.34. The molecule has 246 valence electrons. The largest absolute Gasteiger partial charge is 0.489 e. The molecule has 1 N–H and O–H groups in total. The van der Waals surface area contributed by atoms with Gasteiger partial charge in [-0.1, -0.05) is 97.2 Å². The Balaban J connectivity index is 1.43. The van der Waals surface area contributed by atoms with Gasteiger partial charge in [0.15, 0.2) is 0 Å². The Kier molecular flexibility index (Phi) is 11.6. The molecule has 1 atom stereocenters. The van der Waals surface area contributed by atoms with Crippen molar-refractivity contribution in [3.05, 3.63) is 131 Å². The number of nitrogens with one attached hydrogen (secondary N) is 1. The second-order valence-electron chi connectivity index (χ2n) is 11.9. The fraction of sp³-hybridized carbons (Fsp3) is 0.297. The van der Waals surface area contributed by atoms with E-state index in [-0.39, 0.29) is 24.9 Å². The first-order valence-electron chi connectivity index (χ1n) is 15.8. The summed E-state index contributed by atoms with van der Waals surface area (Å²) >= 11 is 6.31. The minimum Gasteiger partial charge on any atom is -0.489 e. The summed E-state index contributed by atoms with van der Waals surface area (Å²) in [7, 11) is -3.89. The van der Waals surface area contributed by atoms with Crippen LogP contribution in [0.15, 0.2) is 109 Å². The Bertz CT molecular complexity index is 1730. The van der Waals surface area contributed by atoms with Crippen molar-refractivity contribution in [2.45, 2.75) is 57.3 Å². The Morgan fingerprint density at radius 1 is 0.851 bits per heavy atom. The normalized spacial score (nSPS) is 13.9. The van der Waals surface area contributed by atoms with Crippen molar-refractivity contribution in [1.29, 1.82) is 0 Å². The molecular formula is C37H40ClN3O5S.